The number of carbonyl (C=O) groups excluding carboxylic acids is 1. The highest BCUT2D eigenvalue weighted by Gasteiger charge is 2.10. The van der Waals surface area contributed by atoms with E-state index in [1.807, 2.05) is 30.3 Å². The number of rotatable bonds is 8. The largest absolute Gasteiger partial charge is 0.481 e. The van der Waals surface area contributed by atoms with Crippen molar-refractivity contribution < 1.29 is 14.7 Å². The van der Waals surface area contributed by atoms with Crippen LogP contribution in [0.3, 0.4) is 0 Å². The van der Waals surface area contributed by atoms with Gasteiger partial charge in [-0.05, 0) is 24.3 Å². The molecule has 0 aromatic heterocycles. The summed E-state index contributed by atoms with van der Waals surface area (Å²) >= 11 is 0. The number of hydrogen-bond acceptors (Lipinski definition) is 2. The molecule has 2 atom stereocenters. The molecule has 0 radical (unpaired) electrons. The smallest absolute Gasteiger partial charge is 0.314 e. The first-order chi connectivity index (χ1) is 10.0. The van der Waals surface area contributed by atoms with Gasteiger partial charge in [-0.3, -0.25) is 4.79 Å². The molecule has 5 nitrogen and oxygen atoms in total. The molecule has 0 saturated heterocycles. The second-order valence-corrected chi connectivity index (χ2v) is 5.33. The standard InChI is InChI=1S/C16H24N2O3/c1-12(15(19)20)7-6-10-17-16(21)18-11-13(2)14-8-4-3-5-9-14/h3-5,8-9,12-13H,6-7,10-11H2,1-2H3,(H,19,20)(H2,17,18,21). The number of carboxylic acids is 1. The second kappa shape index (κ2) is 9.00. The van der Waals surface area contributed by atoms with Crippen molar-refractivity contribution in [3.05, 3.63) is 35.9 Å². The van der Waals surface area contributed by atoms with E-state index in [1.165, 1.54) is 5.56 Å². The quantitative estimate of drug-likeness (QED) is 0.644. The molecule has 2 unspecified atom stereocenters. The lowest BCUT2D eigenvalue weighted by Gasteiger charge is -2.14. The molecule has 0 saturated carbocycles. The van der Waals surface area contributed by atoms with E-state index in [0.717, 1.165) is 0 Å². The summed E-state index contributed by atoms with van der Waals surface area (Å²) < 4.78 is 0. The van der Waals surface area contributed by atoms with Gasteiger partial charge in [-0.25, -0.2) is 4.79 Å². The van der Waals surface area contributed by atoms with Crippen LogP contribution in [-0.2, 0) is 4.79 Å². The monoisotopic (exact) mass is 292 g/mol. The van der Waals surface area contributed by atoms with Crippen LogP contribution in [0.25, 0.3) is 0 Å². The first-order valence-electron chi connectivity index (χ1n) is 7.30. The molecule has 0 heterocycles. The lowest BCUT2D eigenvalue weighted by atomic mass is 10.0. The van der Waals surface area contributed by atoms with Crippen molar-refractivity contribution in [1.29, 1.82) is 0 Å². The van der Waals surface area contributed by atoms with Crippen molar-refractivity contribution in [1.82, 2.24) is 10.6 Å². The normalized spacial score (nSPS) is 13.2. The van der Waals surface area contributed by atoms with Crippen LogP contribution in [0.1, 0.15) is 38.2 Å². The van der Waals surface area contributed by atoms with Crippen molar-refractivity contribution in [2.75, 3.05) is 13.1 Å². The molecule has 1 aromatic rings. The van der Waals surface area contributed by atoms with Gasteiger partial charge < -0.3 is 15.7 Å². The third-order valence-electron chi connectivity index (χ3n) is 3.46. The van der Waals surface area contributed by atoms with E-state index < -0.39 is 5.97 Å². The summed E-state index contributed by atoms with van der Waals surface area (Å²) in [7, 11) is 0. The Balaban J connectivity index is 2.15. The fourth-order valence-electron chi connectivity index (χ4n) is 1.94. The Kier molecular flexibility index (Phi) is 7.29. The van der Waals surface area contributed by atoms with Gasteiger partial charge >= 0.3 is 12.0 Å². The maximum Gasteiger partial charge on any atom is 0.314 e. The van der Waals surface area contributed by atoms with Crippen LogP contribution in [-0.4, -0.2) is 30.2 Å². The number of benzene rings is 1. The topological polar surface area (TPSA) is 78.4 Å². The zero-order valence-corrected chi connectivity index (χ0v) is 12.6. The van der Waals surface area contributed by atoms with Crippen LogP contribution in [0.2, 0.25) is 0 Å². The molecule has 0 aliphatic carbocycles. The number of amides is 2. The Morgan fingerprint density at radius 3 is 2.43 bits per heavy atom. The highest BCUT2D eigenvalue weighted by molar-refractivity contribution is 5.73. The van der Waals surface area contributed by atoms with Crippen LogP contribution in [0.4, 0.5) is 4.79 Å². The summed E-state index contributed by atoms with van der Waals surface area (Å²) in [6.07, 6.45) is 1.23. The van der Waals surface area contributed by atoms with Gasteiger partial charge in [0.25, 0.3) is 0 Å². The molecule has 1 aromatic carbocycles. The molecule has 0 spiro atoms. The molecule has 0 aliphatic heterocycles. The van der Waals surface area contributed by atoms with Crippen molar-refractivity contribution in [2.45, 2.75) is 32.6 Å². The van der Waals surface area contributed by atoms with Crippen molar-refractivity contribution in [3.63, 3.8) is 0 Å². The second-order valence-electron chi connectivity index (χ2n) is 5.33. The molecule has 1 rings (SSSR count). The Bertz CT molecular complexity index is 448. The molecule has 3 N–H and O–H groups in total. The van der Waals surface area contributed by atoms with Crippen LogP contribution >= 0.6 is 0 Å². The van der Waals surface area contributed by atoms with E-state index in [0.29, 0.717) is 25.9 Å². The summed E-state index contributed by atoms with van der Waals surface area (Å²) in [5.41, 5.74) is 1.19. The average molecular weight is 292 g/mol. The molecule has 5 heteroatoms. The molecule has 2 amide bonds. The summed E-state index contributed by atoms with van der Waals surface area (Å²) in [6.45, 7) is 4.79. The van der Waals surface area contributed by atoms with Crippen LogP contribution < -0.4 is 10.6 Å². The predicted molar refractivity (Wildman–Crippen MR) is 82.3 cm³/mol. The lowest BCUT2D eigenvalue weighted by Crippen LogP contribution is -2.38. The Morgan fingerprint density at radius 1 is 1.14 bits per heavy atom. The lowest BCUT2D eigenvalue weighted by molar-refractivity contribution is -0.141. The van der Waals surface area contributed by atoms with Gasteiger partial charge in [-0.2, -0.15) is 0 Å². The third kappa shape index (κ3) is 6.79. The third-order valence-corrected chi connectivity index (χ3v) is 3.46. The highest BCUT2D eigenvalue weighted by atomic mass is 16.4. The van der Waals surface area contributed by atoms with Crippen LogP contribution in [0.15, 0.2) is 30.3 Å². The SMILES string of the molecule is CC(CCCNC(=O)NCC(C)c1ccccc1)C(=O)O. The van der Waals surface area contributed by atoms with E-state index in [1.54, 1.807) is 6.92 Å². The van der Waals surface area contributed by atoms with E-state index in [9.17, 15) is 9.59 Å². The summed E-state index contributed by atoms with van der Waals surface area (Å²) in [4.78, 5) is 22.3. The van der Waals surface area contributed by atoms with Gasteiger partial charge in [-0.1, -0.05) is 44.2 Å². The Hall–Kier alpha value is -2.04. The molecule has 21 heavy (non-hydrogen) atoms. The van der Waals surface area contributed by atoms with Gasteiger partial charge in [0.2, 0.25) is 0 Å². The number of carboxylic acid groups (broad SMARTS) is 1. The van der Waals surface area contributed by atoms with Crippen LogP contribution in [0, 0.1) is 5.92 Å². The highest BCUT2D eigenvalue weighted by Crippen LogP contribution is 2.12. The number of carbonyl (C=O) groups is 2. The minimum Gasteiger partial charge on any atom is -0.481 e. The van der Waals surface area contributed by atoms with E-state index in [-0.39, 0.29) is 17.9 Å². The molecule has 116 valence electrons. The van der Waals surface area contributed by atoms with Gasteiger partial charge in [0, 0.05) is 13.1 Å². The fourth-order valence-corrected chi connectivity index (χ4v) is 1.94. The maximum atomic E-state index is 11.6. The summed E-state index contributed by atoms with van der Waals surface area (Å²) in [6, 6.07) is 9.80. The van der Waals surface area contributed by atoms with Crippen molar-refractivity contribution in [3.8, 4) is 0 Å². The van der Waals surface area contributed by atoms with Gasteiger partial charge in [0.15, 0.2) is 0 Å². The number of nitrogens with one attached hydrogen (secondary N) is 2. The Morgan fingerprint density at radius 2 is 1.81 bits per heavy atom. The zero-order chi connectivity index (χ0) is 15.7. The number of hydrogen-bond donors (Lipinski definition) is 3. The van der Waals surface area contributed by atoms with Gasteiger partial charge in [-0.15, -0.1) is 0 Å². The summed E-state index contributed by atoms with van der Waals surface area (Å²) in [5, 5.41) is 14.3. The predicted octanol–water partition coefficient (Wildman–Crippen LogP) is 2.59. The first-order valence-corrected chi connectivity index (χ1v) is 7.30. The Labute approximate surface area is 125 Å². The van der Waals surface area contributed by atoms with Crippen molar-refractivity contribution >= 4 is 12.0 Å². The average Bonchev–Trinajstić information content (AvgIpc) is 2.49. The molecule has 0 fully saturated rings. The van der Waals surface area contributed by atoms with E-state index in [4.69, 9.17) is 5.11 Å². The molecule has 0 bridgehead atoms. The van der Waals surface area contributed by atoms with Gasteiger partial charge in [0.05, 0.1) is 5.92 Å². The first kappa shape index (κ1) is 17.0. The minimum absolute atomic E-state index is 0.208. The van der Waals surface area contributed by atoms with E-state index in [2.05, 4.69) is 17.6 Å². The maximum absolute atomic E-state index is 11.6. The fraction of sp³-hybridized carbons (Fsp3) is 0.500. The van der Waals surface area contributed by atoms with Gasteiger partial charge in [0.1, 0.15) is 0 Å². The summed E-state index contributed by atoms with van der Waals surface area (Å²) in [5.74, 6) is -0.909. The minimum atomic E-state index is -0.795. The molecule has 0 aliphatic rings. The van der Waals surface area contributed by atoms with E-state index >= 15 is 0 Å². The van der Waals surface area contributed by atoms with Crippen LogP contribution in [0.5, 0.6) is 0 Å². The number of aliphatic carboxylic acids is 1. The molecular formula is C16H24N2O3. The number of urea groups is 1. The zero-order valence-electron chi connectivity index (χ0n) is 12.6. The molecular weight excluding hydrogens is 268 g/mol. The van der Waals surface area contributed by atoms with Crippen molar-refractivity contribution in [2.24, 2.45) is 5.92 Å².